The first-order valence-corrected chi connectivity index (χ1v) is 8.57. The van der Waals surface area contributed by atoms with Crippen molar-refractivity contribution in [1.82, 2.24) is 0 Å². The van der Waals surface area contributed by atoms with E-state index >= 15 is 0 Å². The van der Waals surface area contributed by atoms with Gasteiger partial charge in [-0.1, -0.05) is 18.2 Å². The number of methoxy groups -OCH3 is 2. The van der Waals surface area contributed by atoms with Gasteiger partial charge in [-0.3, -0.25) is 4.79 Å². The molecule has 0 radical (unpaired) electrons. The standard InChI is InChI=1S/C20H24N2O3/c1-24-18-10-9-16(14-19(18)25-2)21-12-11-20(23)22-13-5-7-15-6-3-4-8-17(15)22/h3-4,6,8-10,14,21H,5,7,11-13H2,1-2H3. The zero-order valence-corrected chi connectivity index (χ0v) is 14.7. The second kappa shape index (κ2) is 7.92. The van der Waals surface area contributed by atoms with Gasteiger partial charge in [0.25, 0.3) is 0 Å². The van der Waals surface area contributed by atoms with E-state index in [4.69, 9.17) is 9.47 Å². The summed E-state index contributed by atoms with van der Waals surface area (Å²) in [6.45, 7) is 1.37. The number of hydrogen-bond acceptors (Lipinski definition) is 4. The number of fused-ring (bicyclic) bond motifs is 1. The average molecular weight is 340 g/mol. The van der Waals surface area contributed by atoms with Crippen molar-refractivity contribution >= 4 is 17.3 Å². The van der Waals surface area contributed by atoms with Crippen LogP contribution >= 0.6 is 0 Å². The van der Waals surface area contributed by atoms with Gasteiger partial charge in [-0.25, -0.2) is 0 Å². The molecule has 132 valence electrons. The van der Waals surface area contributed by atoms with Gasteiger partial charge in [0, 0.05) is 37.0 Å². The highest BCUT2D eigenvalue weighted by Gasteiger charge is 2.21. The number of aryl methyl sites for hydroxylation is 1. The topological polar surface area (TPSA) is 50.8 Å². The number of ether oxygens (including phenoxy) is 2. The Bertz CT molecular complexity index is 745. The van der Waals surface area contributed by atoms with Crippen LogP contribution in [0.1, 0.15) is 18.4 Å². The molecule has 1 heterocycles. The summed E-state index contributed by atoms with van der Waals surface area (Å²) >= 11 is 0. The molecule has 0 fully saturated rings. The predicted octanol–water partition coefficient (Wildman–Crippen LogP) is 3.49. The molecule has 5 nitrogen and oxygen atoms in total. The Balaban J connectivity index is 1.59. The molecular formula is C20H24N2O3. The maximum atomic E-state index is 12.6. The Kier molecular flexibility index (Phi) is 5.43. The van der Waals surface area contributed by atoms with Gasteiger partial charge in [-0.2, -0.15) is 0 Å². The summed E-state index contributed by atoms with van der Waals surface area (Å²) in [4.78, 5) is 14.5. The van der Waals surface area contributed by atoms with Crippen LogP contribution in [-0.2, 0) is 11.2 Å². The molecule has 0 aromatic heterocycles. The van der Waals surface area contributed by atoms with E-state index in [1.54, 1.807) is 14.2 Å². The van der Waals surface area contributed by atoms with Gasteiger partial charge in [0.05, 0.1) is 14.2 Å². The Morgan fingerprint density at radius 2 is 1.92 bits per heavy atom. The van der Waals surface area contributed by atoms with Crippen LogP contribution in [0.5, 0.6) is 11.5 Å². The summed E-state index contributed by atoms with van der Waals surface area (Å²) in [6, 6.07) is 13.8. The van der Waals surface area contributed by atoms with Crippen molar-refractivity contribution in [2.75, 3.05) is 37.5 Å². The Hall–Kier alpha value is -2.69. The molecule has 3 rings (SSSR count). The van der Waals surface area contributed by atoms with Crippen molar-refractivity contribution in [1.29, 1.82) is 0 Å². The zero-order chi connectivity index (χ0) is 17.6. The SMILES string of the molecule is COc1ccc(NCCC(=O)N2CCCc3ccccc32)cc1OC. The normalized spacial score (nSPS) is 13.1. The van der Waals surface area contributed by atoms with E-state index in [1.807, 2.05) is 41.3 Å². The molecule has 0 saturated heterocycles. The lowest BCUT2D eigenvalue weighted by Gasteiger charge is -2.29. The first-order chi connectivity index (χ1) is 12.2. The summed E-state index contributed by atoms with van der Waals surface area (Å²) < 4.78 is 10.5. The quantitative estimate of drug-likeness (QED) is 0.875. The molecule has 1 aliphatic rings. The van der Waals surface area contributed by atoms with Crippen molar-refractivity contribution in [2.45, 2.75) is 19.3 Å². The van der Waals surface area contributed by atoms with Crippen LogP contribution < -0.4 is 19.7 Å². The monoisotopic (exact) mass is 340 g/mol. The number of amides is 1. The predicted molar refractivity (Wildman–Crippen MR) is 99.8 cm³/mol. The lowest BCUT2D eigenvalue weighted by molar-refractivity contribution is -0.118. The Morgan fingerprint density at radius 3 is 2.72 bits per heavy atom. The van der Waals surface area contributed by atoms with Gasteiger partial charge in [0.15, 0.2) is 11.5 Å². The van der Waals surface area contributed by atoms with E-state index in [0.717, 1.165) is 30.8 Å². The highest BCUT2D eigenvalue weighted by Crippen LogP contribution is 2.30. The largest absolute Gasteiger partial charge is 0.493 e. The lowest BCUT2D eigenvalue weighted by atomic mass is 10.0. The molecule has 0 atom stereocenters. The number of anilines is 2. The van der Waals surface area contributed by atoms with E-state index in [2.05, 4.69) is 11.4 Å². The average Bonchev–Trinajstić information content (AvgIpc) is 2.67. The van der Waals surface area contributed by atoms with E-state index in [9.17, 15) is 4.79 Å². The number of hydrogen-bond donors (Lipinski definition) is 1. The number of nitrogens with one attached hydrogen (secondary N) is 1. The van der Waals surface area contributed by atoms with Gasteiger partial charge in [-0.05, 0) is 36.6 Å². The highest BCUT2D eigenvalue weighted by atomic mass is 16.5. The summed E-state index contributed by atoms with van der Waals surface area (Å²) in [7, 11) is 3.22. The summed E-state index contributed by atoms with van der Waals surface area (Å²) in [5.74, 6) is 1.51. The lowest BCUT2D eigenvalue weighted by Crippen LogP contribution is -2.36. The summed E-state index contributed by atoms with van der Waals surface area (Å²) in [5.41, 5.74) is 3.23. The number of carbonyl (C=O) groups is 1. The number of carbonyl (C=O) groups excluding carboxylic acids is 1. The van der Waals surface area contributed by atoms with Gasteiger partial charge in [-0.15, -0.1) is 0 Å². The first kappa shape index (κ1) is 17.1. The molecule has 0 unspecified atom stereocenters. The maximum absolute atomic E-state index is 12.6. The molecule has 0 saturated carbocycles. The van der Waals surface area contributed by atoms with Crippen LogP contribution in [0, 0.1) is 0 Å². The van der Waals surface area contributed by atoms with Crippen molar-refractivity contribution in [3.8, 4) is 11.5 Å². The van der Waals surface area contributed by atoms with Crippen LogP contribution in [0.25, 0.3) is 0 Å². The van der Waals surface area contributed by atoms with Gasteiger partial charge < -0.3 is 19.7 Å². The van der Waals surface area contributed by atoms with Crippen LogP contribution in [0.3, 0.4) is 0 Å². The van der Waals surface area contributed by atoms with Crippen LogP contribution in [0.15, 0.2) is 42.5 Å². The van der Waals surface area contributed by atoms with Crippen molar-refractivity contribution in [3.63, 3.8) is 0 Å². The number of benzene rings is 2. The fraction of sp³-hybridized carbons (Fsp3) is 0.350. The van der Waals surface area contributed by atoms with Crippen LogP contribution in [-0.4, -0.2) is 33.2 Å². The minimum atomic E-state index is 0.153. The Morgan fingerprint density at radius 1 is 1.12 bits per heavy atom. The molecule has 0 spiro atoms. The van der Waals surface area contributed by atoms with Crippen molar-refractivity contribution in [3.05, 3.63) is 48.0 Å². The fourth-order valence-corrected chi connectivity index (χ4v) is 3.19. The molecule has 5 heteroatoms. The third kappa shape index (κ3) is 3.87. The molecule has 0 aliphatic carbocycles. The highest BCUT2D eigenvalue weighted by molar-refractivity contribution is 5.94. The fourth-order valence-electron chi connectivity index (χ4n) is 3.19. The van der Waals surface area contributed by atoms with Gasteiger partial charge >= 0.3 is 0 Å². The second-order valence-corrected chi connectivity index (χ2v) is 6.02. The molecular weight excluding hydrogens is 316 g/mol. The van der Waals surface area contributed by atoms with Gasteiger partial charge in [0.2, 0.25) is 5.91 Å². The Labute approximate surface area is 148 Å². The molecule has 2 aromatic carbocycles. The summed E-state index contributed by atoms with van der Waals surface area (Å²) in [5, 5.41) is 3.28. The van der Waals surface area contributed by atoms with E-state index in [1.165, 1.54) is 5.56 Å². The van der Waals surface area contributed by atoms with Crippen molar-refractivity contribution < 1.29 is 14.3 Å². The van der Waals surface area contributed by atoms with E-state index in [0.29, 0.717) is 24.5 Å². The molecule has 1 amide bonds. The maximum Gasteiger partial charge on any atom is 0.228 e. The van der Waals surface area contributed by atoms with Crippen LogP contribution in [0.4, 0.5) is 11.4 Å². The minimum absolute atomic E-state index is 0.153. The zero-order valence-electron chi connectivity index (χ0n) is 14.7. The summed E-state index contributed by atoms with van der Waals surface area (Å²) in [6.07, 6.45) is 2.51. The third-order valence-electron chi connectivity index (χ3n) is 4.46. The van der Waals surface area contributed by atoms with E-state index < -0.39 is 0 Å². The van der Waals surface area contributed by atoms with Crippen LogP contribution in [0.2, 0.25) is 0 Å². The molecule has 1 N–H and O–H groups in total. The smallest absolute Gasteiger partial charge is 0.228 e. The number of rotatable bonds is 6. The van der Waals surface area contributed by atoms with Gasteiger partial charge in [0.1, 0.15) is 0 Å². The second-order valence-electron chi connectivity index (χ2n) is 6.02. The van der Waals surface area contributed by atoms with E-state index in [-0.39, 0.29) is 5.91 Å². The molecule has 0 bridgehead atoms. The molecule has 1 aliphatic heterocycles. The number of para-hydroxylation sites is 1. The molecule has 25 heavy (non-hydrogen) atoms. The number of nitrogens with zero attached hydrogens (tertiary/aromatic N) is 1. The molecule has 2 aromatic rings. The third-order valence-corrected chi connectivity index (χ3v) is 4.46. The first-order valence-electron chi connectivity index (χ1n) is 8.57. The van der Waals surface area contributed by atoms with Crippen molar-refractivity contribution in [2.24, 2.45) is 0 Å². The minimum Gasteiger partial charge on any atom is -0.493 e.